The minimum Gasteiger partial charge on any atom is -0.358 e. The van der Waals surface area contributed by atoms with E-state index in [1.54, 1.807) is 12.1 Å². The third kappa shape index (κ3) is 5.08. The molecule has 0 aliphatic carbocycles. The normalized spacial score (nSPS) is 12.8. The first-order chi connectivity index (χ1) is 15.2. The van der Waals surface area contributed by atoms with E-state index in [-0.39, 0.29) is 11.6 Å². The van der Waals surface area contributed by atoms with E-state index in [0.717, 1.165) is 25.9 Å². The van der Waals surface area contributed by atoms with Crippen molar-refractivity contribution in [3.05, 3.63) is 44.5 Å². The molecule has 0 radical (unpaired) electrons. The third-order valence-electron chi connectivity index (χ3n) is 5.12. The molecule has 3 rings (SSSR count). The Morgan fingerprint density at radius 1 is 0.750 bits per heavy atom. The van der Waals surface area contributed by atoms with Crippen LogP contribution in [-0.4, -0.2) is 84.0 Å². The van der Waals surface area contributed by atoms with Crippen LogP contribution in [0.5, 0.6) is 0 Å². The van der Waals surface area contributed by atoms with Crippen molar-refractivity contribution < 1.29 is 9.85 Å². The van der Waals surface area contributed by atoms with Gasteiger partial charge < -0.3 is 30.0 Å². The Bertz CT molecular complexity index is 918. The van der Waals surface area contributed by atoms with Crippen LogP contribution in [0.25, 0.3) is 0 Å². The van der Waals surface area contributed by atoms with Crippen LogP contribution in [0, 0.1) is 20.2 Å². The van der Waals surface area contributed by atoms with Crippen molar-refractivity contribution >= 4 is 34.6 Å². The fraction of sp³-hybridized carbons (Fsp3) is 0.500. The summed E-state index contributed by atoms with van der Waals surface area (Å²) in [5, 5.41) is 22.8. The number of rotatable bonds is 10. The van der Waals surface area contributed by atoms with Crippen molar-refractivity contribution in [3.63, 3.8) is 0 Å². The smallest absolute Gasteiger partial charge is 0.358 e. The molecule has 0 amide bonds. The van der Waals surface area contributed by atoms with Crippen LogP contribution in [0.15, 0.2) is 24.3 Å². The lowest BCUT2D eigenvalue weighted by molar-refractivity contribution is -0.389. The van der Waals surface area contributed by atoms with Crippen LogP contribution >= 0.6 is 0 Å². The molecule has 0 N–H and O–H groups in total. The first-order valence-electron chi connectivity index (χ1n) is 10.3. The van der Waals surface area contributed by atoms with E-state index in [2.05, 4.69) is 9.97 Å². The lowest BCUT2D eigenvalue weighted by atomic mass is 10.1. The summed E-state index contributed by atoms with van der Waals surface area (Å²) in [6.07, 6.45) is 1.54. The lowest BCUT2D eigenvalue weighted by Crippen LogP contribution is -2.34. The number of nitro groups is 2. The van der Waals surface area contributed by atoms with Crippen LogP contribution < -0.4 is 9.80 Å². The number of anilines is 4. The Labute approximate surface area is 186 Å². The van der Waals surface area contributed by atoms with Crippen LogP contribution in [-0.2, 0) is 0 Å². The van der Waals surface area contributed by atoms with E-state index in [1.165, 1.54) is 12.1 Å². The SMILES string of the molecule is CN(C)CCCN1c2ccc([N+](=O)[O-])nc2N(CCCN(C)C)c2ccc([N+](=O)[O-])nc21. The zero-order chi connectivity index (χ0) is 23.4. The fourth-order valence-electron chi connectivity index (χ4n) is 3.66. The zero-order valence-electron chi connectivity index (χ0n) is 18.8. The van der Waals surface area contributed by atoms with Crippen LogP contribution in [0.4, 0.5) is 34.6 Å². The van der Waals surface area contributed by atoms with Crippen LogP contribution in [0.3, 0.4) is 0 Å². The van der Waals surface area contributed by atoms with E-state index in [1.807, 2.05) is 47.8 Å². The molecule has 2 aromatic heterocycles. The predicted molar refractivity (Wildman–Crippen MR) is 122 cm³/mol. The molecule has 12 nitrogen and oxygen atoms in total. The van der Waals surface area contributed by atoms with Crippen LogP contribution in [0.1, 0.15) is 12.8 Å². The lowest BCUT2D eigenvalue weighted by Gasteiger charge is -2.34. The Balaban J connectivity index is 2.10. The third-order valence-corrected chi connectivity index (χ3v) is 5.12. The second kappa shape index (κ2) is 9.83. The number of nitrogens with zero attached hydrogens (tertiary/aromatic N) is 8. The molecule has 0 atom stereocenters. The molecule has 3 heterocycles. The van der Waals surface area contributed by atoms with Crippen molar-refractivity contribution in [3.8, 4) is 0 Å². The predicted octanol–water partition coefficient (Wildman–Crippen LogP) is 2.79. The van der Waals surface area contributed by atoms with Gasteiger partial charge in [-0.25, -0.2) is 0 Å². The van der Waals surface area contributed by atoms with E-state index in [0.29, 0.717) is 36.1 Å². The van der Waals surface area contributed by atoms with Crippen molar-refractivity contribution in [2.75, 3.05) is 64.2 Å². The molecule has 1 aliphatic rings. The maximum atomic E-state index is 11.4. The first kappa shape index (κ1) is 23.3. The van der Waals surface area contributed by atoms with Gasteiger partial charge in [-0.05, 0) is 86.1 Å². The van der Waals surface area contributed by atoms with E-state index >= 15 is 0 Å². The average molecular weight is 444 g/mol. The Kier molecular flexibility index (Phi) is 7.15. The van der Waals surface area contributed by atoms with Gasteiger partial charge in [-0.2, -0.15) is 0 Å². The molecule has 12 heteroatoms. The molecule has 1 aliphatic heterocycles. The van der Waals surface area contributed by atoms with Crippen molar-refractivity contribution in [1.82, 2.24) is 19.8 Å². The second-order valence-electron chi connectivity index (χ2n) is 8.16. The van der Waals surface area contributed by atoms with Gasteiger partial charge in [-0.15, -0.1) is 0 Å². The molecular formula is C20H28N8O4. The maximum Gasteiger partial charge on any atom is 0.366 e. The number of pyridine rings is 2. The van der Waals surface area contributed by atoms with Crippen molar-refractivity contribution in [2.45, 2.75) is 12.8 Å². The number of hydrogen-bond donors (Lipinski definition) is 0. The van der Waals surface area contributed by atoms with Gasteiger partial charge in [0, 0.05) is 25.2 Å². The topological polar surface area (TPSA) is 125 Å². The quantitative estimate of drug-likeness (QED) is 0.399. The van der Waals surface area contributed by atoms with E-state index in [9.17, 15) is 20.2 Å². The Morgan fingerprint density at radius 3 is 1.44 bits per heavy atom. The van der Waals surface area contributed by atoms with Gasteiger partial charge in [-0.1, -0.05) is 0 Å². The summed E-state index contributed by atoms with van der Waals surface area (Å²) in [5.41, 5.74) is 1.31. The van der Waals surface area contributed by atoms with Crippen molar-refractivity contribution in [2.24, 2.45) is 0 Å². The van der Waals surface area contributed by atoms with Gasteiger partial charge in [0.25, 0.3) is 11.6 Å². The summed E-state index contributed by atoms with van der Waals surface area (Å²) >= 11 is 0. The summed E-state index contributed by atoms with van der Waals surface area (Å²) in [6, 6.07) is 6.02. The monoisotopic (exact) mass is 444 g/mol. The van der Waals surface area contributed by atoms with Crippen molar-refractivity contribution in [1.29, 1.82) is 0 Å². The Morgan fingerprint density at radius 2 is 1.12 bits per heavy atom. The number of aromatic nitrogens is 2. The highest BCUT2D eigenvalue weighted by Crippen LogP contribution is 2.47. The summed E-state index contributed by atoms with van der Waals surface area (Å²) < 4.78 is 0. The standard InChI is InChI=1S/C20H28N8O4/c1-23(2)11-5-13-25-15-7-9-18(28(31)32)22-20(15)26(14-6-12-24(3)4)16-8-10-17(27(29)30)21-19(16)25/h7-10H,5-6,11-14H2,1-4H3. The first-order valence-corrected chi connectivity index (χ1v) is 10.3. The summed E-state index contributed by atoms with van der Waals surface area (Å²) in [6.45, 7) is 2.70. The van der Waals surface area contributed by atoms with Gasteiger partial charge in [0.2, 0.25) is 0 Å². The summed E-state index contributed by atoms with van der Waals surface area (Å²) in [5.74, 6) is 0.442. The van der Waals surface area contributed by atoms with Gasteiger partial charge in [0.15, 0.2) is 0 Å². The molecule has 0 saturated heterocycles. The molecular weight excluding hydrogens is 416 g/mol. The molecule has 0 aromatic carbocycles. The number of fused-ring (bicyclic) bond motifs is 2. The number of hydrogen-bond acceptors (Lipinski definition) is 10. The van der Waals surface area contributed by atoms with Crippen LogP contribution in [0.2, 0.25) is 0 Å². The largest absolute Gasteiger partial charge is 0.366 e. The van der Waals surface area contributed by atoms with Gasteiger partial charge in [-0.3, -0.25) is 9.80 Å². The highest BCUT2D eigenvalue weighted by molar-refractivity contribution is 5.90. The zero-order valence-corrected chi connectivity index (χ0v) is 18.8. The summed E-state index contributed by atoms with van der Waals surface area (Å²) in [7, 11) is 7.88. The maximum absolute atomic E-state index is 11.4. The Hall–Kier alpha value is -3.38. The molecule has 0 saturated carbocycles. The fourth-order valence-corrected chi connectivity index (χ4v) is 3.66. The average Bonchev–Trinajstić information content (AvgIpc) is 2.73. The highest BCUT2D eigenvalue weighted by atomic mass is 16.6. The van der Waals surface area contributed by atoms with E-state index in [4.69, 9.17) is 0 Å². The molecule has 0 spiro atoms. The molecule has 32 heavy (non-hydrogen) atoms. The molecule has 0 unspecified atom stereocenters. The minimum absolute atomic E-state index is 0.243. The summed E-state index contributed by atoms with van der Waals surface area (Å²) in [4.78, 5) is 38.3. The molecule has 0 fully saturated rings. The minimum atomic E-state index is -0.516. The second-order valence-corrected chi connectivity index (χ2v) is 8.16. The molecule has 2 aromatic rings. The van der Waals surface area contributed by atoms with Gasteiger partial charge in [0.1, 0.15) is 11.4 Å². The van der Waals surface area contributed by atoms with Gasteiger partial charge in [0.05, 0.1) is 0 Å². The highest BCUT2D eigenvalue weighted by Gasteiger charge is 2.37. The molecule has 172 valence electrons. The van der Waals surface area contributed by atoms with E-state index < -0.39 is 9.85 Å². The molecule has 0 bridgehead atoms. The van der Waals surface area contributed by atoms with Gasteiger partial charge >= 0.3 is 11.6 Å².